The molecule has 2 amide bonds. The molecule has 0 saturated carbocycles. The van der Waals surface area contributed by atoms with Gasteiger partial charge in [-0.25, -0.2) is 0 Å². The van der Waals surface area contributed by atoms with E-state index in [1.807, 2.05) is 31.2 Å². The van der Waals surface area contributed by atoms with E-state index >= 15 is 0 Å². The van der Waals surface area contributed by atoms with E-state index in [1.165, 1.54) is 21.8 Å². The summed E-state index contributed by atoms with van der Waals surface area (Å²) in [5.41, 5.74) is 1.86. The third kappa shape index (κ3) is 5.58. The quantitative estimate of drug-likeness (QED) is 0.458. The summed E-state index contributed by atoms with van der Waals surface area (Å²) in [7, 11) is 0. The van der Waals surface area contributed by atoms with Crippen LogP contribution in [0.15, 0.2) is 57.6 Å². The first-order chi connectivity index (χ1) is 14.0. The molecule has 0 spiro atoms. The number of nitrogens with one attached hydrogen (secondary N) is 1. The second kappa shape index (κ2) is 9.89. The maximum Gasteiger partial charge on any atom is 0.264 e. The average Bonchev–Trinajstić information content (AvgIpc) is 3.33. The van der Waals surface area contributed by atoms with Crippen molar-refractivity contribution in [3.8, 4) is 0 Å². The topological polar surface area (TPSA) is 62.6 Å². The zero-order valence-electron chi connectivity index (χ0n) is 16.4. The summed E-state index contributed by atoms with van der Waals surface area (Å²) in [6, 6.07) is 12.9. The average molecular weight is 475 g/mol. The van der Waals surface area contributed by atoms with E-state index in [2.05, 4.69) is 28.2 Å². The molecule has 3 aromatic rings. The zero-order valence-corrected chi connectivity index (χ0v) is 18.8. The first kappa shape index (κ1) is 21.3. The van der Waals surface area contributed by atoms with Gasteiger partial charge < -0.3 is 14.6 Å². The fourth-order valence-electron chi connectivity index (χ4n) is 3.01. The lowest BCUT2D eigenvalue weighted by atomic mass is 10.1. The summed E-state index contributed by atoms with van der Waals surface area (Å²) in [4.78, 5) is 29.2. The molecule has 0 fully saturated rings. The number of furan rings is 1. The number of nitrogens with zero attached hydrogens (tertiary/aromatic N) is 1. The fraction of sp³-hybridized carbons (Fsp3) is 0.273. The van der Waals surface area contributed by atoms with Crippen LogP contribution < -0.4 is 5.32 Å². The SMILES string of the molecule is CCCc1cc(C(=O)N(CC(=O)Nc2ccccc2Br)Cc2ccco2)sc1C. The molecule has 5 nitrogen and oxygen atoms in total. The van der Waals surface area contributed by atoms with E-state index < -0.39 is 0 Å². The molecule has 0 aliphatic carbocycles. The predicted octanol–water partition coefficient (Wildman–Crippen LogP) is 5.65. The molecule has 1 N–H and O–H groups in total. The molecule has 0 radical (unpaired) electrons. The van der Waals surface area contributed by atoms with Crippen LogP contribution in [0.5, 0.6) is 0 Å². The number of carbonyl (C=O) groups excluding carboxylic acids is 2. The van der Waals surface area contributed by atoms with Crippen LogP contribution >= 0.6 is 27.3 Å². The first-order valence-corrected chi connectivity index (χ1v) is 11.0. The van der Waals surface area contributed by atoms with E-state index in [0.29, 0.717) is 16.3 Å². The number of amides is 2. The van der Waals surface area contributed by atoms with E-state index in [0.717, 1.165) is 22.2 Å². The Balaban J connectivity index is 1.78. The van der Waals surface area contributed by atoms with Crippen LogP contribution in [0.25, 0.3) is 0 Å². The molecule has 7 heteroatoms. The van der Waals surface area contributed by atoms with Crippen molar-refractivity contribution in [1.82, 2.24) is 4.90 Å². The second-order valence-corrected chi connectivity index (χ2v) is 8.82. The third-order valence-electron chi connectivity index (χ3n) is 4.45. The number of hydrogen-bond acceptors (Lipinski definition) is 4. The highest BCUT2D eigenvalue weighted by atomic mass is 79.9. The Bertz CT molecular complexity index is 982. The van der Waals surface area contributed by atoms with Gasteiger partial charge in [-0.3, -0.25) is 9.59 Å². The van der Waals surface area contributed by atoms with E-state index in [9.17, 15) is 9.59 Å². The molecule has 3 rings (SSSR count). The van der Waals surface area contributed by atoms with Crippen molar-refractivity contribution in [2.75, 3.05) is 11.9 Å². The van der Waals surface area contributed by atoms with Crippen LogP contribution in [-0.2, 0) is 17.8 Å². The molecule has 0 atom stereocenters. The molecule has 0 saturated heterocycles. The van der Waals surface area contributed by atoms with Crippen molar-refractivity contribution in [2.24, 2.45) is 0 Å². The van der Waals surface area contributed by atoms with E-state index in [1.54, 1.807) is 24.5 Å². The van der Waals surface area contributed by atoms with Gasteiger partial charge in [-0.2, -0.15) is 0 Å². The Kier molecular flexibility index (Phi) is 7.28. The van der Waals surface area contributed by atoms with Gasteiger partial charge in [-0.15, -0.1) is 11.3 Å². The van der Waals surface area contributed by atoms with Crippen molar-refractivity contribution in [1.29, 1.82) is 0 Å². The number of para-hydroxylation sites is 1. The minimum atomic E-state index is -0.265. The Labute approximate surface area is 182 Å². The summed E-state index contributed by atoms with van der Waals surface area (Å²) in [5.74, 6) is 0.201. The number of benzene rings is 1. The summed E-state index contributed by atoms with van der Waals surface area (Å²) < 4.78 is 6.19. The Morgan fingerprint density at radius 3 is 2.69 bits per heavy atom. The van der Waals surface area contributed by atoms with Crippen LogP contribution in [-0.4, -0.2) is 23.3 Å². The molecular formula is C22H23BrN2O3S. The smallest absolute Gasteiger partial charge is 0.264 e. The number of thiophene rings is 1. The van der Waals surface area contributed by atoms with E-state index in [-0.39, 0.29) is 24.9 Å². The van der Waals surface area contributed by atoms with Gasteiger partial charge in [0.25, 0.3) is 5.91 Å². The lowest BCUT2D eigenvalue weighted by Crippen LogP contribution is -2.37. The third-order valence-corrected chi connectivity index (χ3v) is 6.22. The number of rotatable bonds is 8. The van der Waals surface area contributed by atoms with E-state index in [4.69, 9.17) is 4.42 Å². The normalized spacial score (nSPS) is 10.7. The van der Waals surface area contributed by atoms with Gasteiger partial charge in [-0.1, -0.05) is 25.5 Å². The van der Waals surface area contributed by atoms with Gasteiger partial charge in [0.1, 0.15) is 12.3 Å². The Morgan fingerprint density at radius 1 is 1.21 bits per heavy atom. The minimum Gasteiger partial charge on any atom is -0.467 e. The summed E-state index contributed by atoms with van der Waals surface area (Å²) in [5, 5.41) is 2.86. The number of anilines is 1. The lowest BCUT2D eigenvalue weighted by Gasteiger charge is -2.21. The van der Waals surface area contributed by atoms with Gasteiger partial charge >= 0.3 is 0 Å². The number of hydrogen-bond donors (Lipinski definition) is 1. The Morgan fingerprint density at radius 2 is 2.00 bits per heavy atom. The summed E-state index contributed by atoms with van der Waals surface area (Å²) in [6.45, 7) is 4.31. The van der Waals surface area contributed by atoms with Crippen molar-refractivity contribution >= 4 is 44.8 Å². The summed E-state index contributed by atoms with van der Waals surface area (Å²) >= 11 is 4.90. The molecule has 0 unspecified atom stereocenters. The van der Waals surface area contributed by atoms with Crippen molar-refractivity contribution in [2.45, 2.75) is 33.2 Å². The van der Waals surface area contributed by atoms with Crippen LogP contribution in [0.1, 0.15) is 39.2 Å². The van der Waals surface area contributed by atoms with Crippen LogP contribution in [0, 0.1) is 6.92 Å². The van der Waals surface area contributed by atoms with Crippen LogP contribution in [0.2, 0.25) is 0 Å². The standard InChI is InChI=1S/C22H23BrN2O3S/c1-3-7-16-12-20(29-15(16)2)22(27)25(13-17-8-6-11-28-17)14-21(26)24-19-10-5-4-9-18(19)23/h4-6,8-12H,3,7,13-14H2,1-2H3,(H,24,26). The highest BCUT2D eigenvalue weighted by molar-refractivity contribution is 9.10. The van der Waals surface area contributed by atoms with Crippen molar-refractivity contribution in [3.63, 3.8) is 0 Å². The van der Waals surface area contributed by atoms with Gasteiger partial charge in [0.2, 0.25) is 5.91 Å². The molecule has 0 bridgehead atoms. The molecule has 2 aromatic heterocycles. The second-order valence-electron chi connectivity index (χ2n) is 6.71. The zero-order chi connectivity index (χ0) is 20.8. The maximum atomic E-state index is 13.2. The molecule has 0 aliphatic heterocycles. The van der Waals surface area contributed by atoms with Gasteiger partial charge in [0.15, 0.2) is 0 Å². The lowest BCUT2D eigenvalue weighted by molar-refractivity contribution is -0.117. The van der Waals surface area contributed by atoms with Crippen LogP contribution in [0.3, 0.4) is 0 Å². The monoisotopic (exact) mass is 474 g/mol. The number of carbonyl (C=O) groups is 2. The summed E-state index contributed by atoms with van der Waals surface area (Å²) in [6.07, 6.45) is 3.53. The largest absolute Gasteiger partial charge is 0.467 e. The molecule has 0 aliphatic rings. The molecule has 152 valence electrons. The molecule has 2 heterocycles. The molecule has 1 aromatic carbocycles. The maximum absolute atomic E-state index is 13.2. The van der Waals surface area contributed by atoms with Crippen LogP contribution in [0.4, 0.5) is 5.69 Å². The Hall–Kier alpha value is -2.38. The minimum absolute atomic E-state index is 0.0685. The van der Waals surface area contributed by atoms with Gasteiger partial charge in [-0.05, 0) is 65.2 Å². The molecule has 29 heavy (non-hydrogen) atoms. The first-order valence-electron chi connectivity index (χ1n) is 9.43. The van der Waals surface area contributed by atoms with Crippen molar-refractivity contribution < 1.29 is 14.0 Å². The highest BCUT2D eigenvalue weighted by Gasteiger charge is 2.23. The van der Waals surface area contributed by atoms with Gasteiger partial charge in [0, 0.05) is 9.35 Å². The molecular weight excluding hydrogens is 452 g/mol. The fourth-order valence-corrected chi connectivity index (χ4v) is 4.44. The van der Waals surface area contributed by atoms with Gasteiger partial charge in [0.05, 0.1) is 23.4 Å². The number of halogens is 1. The predicted molar refractivity (Wildman–Crippen MR) is 119 cm³/mol. The van der Waals surface area contributed by atoms with Crippen molar-refractivity contribution in [3.05, 3.63) is 74.3 Å². The number of aryl methyl sites for hydroxylation is 2. The highest BCUT2D eigenvalue weighted by Crippen LogP contribution is 2.25.